The number of rotatable bonds is 5. The first kappa shape index (κ1) is 24.9. The minimum atomic E-state index is -3.80. The predicted octanol–water partition coefficient (Wildman–Crippen LogP) is 3.27. The fourth-order valence-corrected chi connectivity index (χ4v) is 6.29. The number of halogens is 2. The molecule has 2 aliphatic rings. The van der Waals surface area contributed by atoms with Crippen molar-refractivity contribution in [3.8, 4) is 0 Å². The maximum atomic E-state index is 14.2. The van der Waals surface area contributed by atoms with Crippen molar-refractivity contribution < 1.29 is 17.6 Å². The molecule has 1 saturated heterocycles. The van der Waals surface area contributed by atoms with Crippen LogP contribution in [0.5, 0.6) is 0 Å². The summed E-state index contributed by atoms with van der Waals surface area (Å²) in [6, 6.07) is 10.6. The van der Waals surface area contributed by atoms with Gasteiger partial charge in [0.15, 0.2) is 0 Å². The molecule has 4 rings (SSSR count). The highest BCUT2D eigenvalue weighted by atomic mass is 35.5. The Morgan fingerprint density at radius 2 is 1.94 bits per heavy atom. The van der Waals surface area contributed by atoms with Crippen molar-refractivity contribution in [1.82, 2.24) is 13.5 Å². The summed E-state index contributed by atoms with van der Waals surface area (Å²) in [6.45, 7) is 6.37. The molecule has 2 aromatic rings. The number of piperazine rings is 1. The fourth-order valence-electron chi connectivity index (χ4n) is 4.75. The van der Waals surface area contributed by atoms with Crippen LogP contribution in [0.3, 0.4) is 0 Å². The highest BCUT2D eigenvalue weighted by Gasteiger charge is 2.32. The van der Waals surface area contributed by atoms with Crippen LogP contribution in [-0.2, 0) is 34.5 Å². The smallest absolute Gasteiger partial charge is 0.282 e. The number of anilines is 1. The largest absolute Gasteiger partial charge is 0.368 e. The van der Waals surface area contributed by atoms with Gasteiger partial charge in [-0.1, -0.05) is 23.7 Å². The predicted molar refractivity (Wildman–Crippen MR) is 131 cm³/mol. The van der Waals surface area contributed by atoms with E-state index in [1.807, 2.05) is 17.0 Å². The van der Waals surface area contributed by atoms with Crippen molar-refractivity contribution in [3.05, 3.63) is 63.9 Å². The van der Waals surface area contributed by atoms with Crippen LogP contribution in [0.4, 0.5) is 10.1 Å². The molecule has 2 aliphatic heterocycles. The second-order valence-corrected chi connectivity index (χ2v) is 11.5. The van der Waals surface area contributed by atoms with Crippen LogP contribution in [0, 0.1) is 5.82 Å². The quantitative estimate of drug-likeness (QED) is 0.622. The van der Waals surface area contributed by atoms with Crippen LogP contribution < -0.4 is 4.90 Å². The Labute approximate surface area is 205 Å². The summed E-state index contributed by atoms with van der Waals surface area (Å²) in [5, 5.41) is 0.206. The maximum absolute atomic E-state index is 14.2. The van der Waals surface area contributed by atoms with Gasteiger partial charge in [0.1, 0.15) is 5.82 Å². The molecule has 0 unspecified atom stereocenters. The van der Waals surface area contributed by atoms with Gasteiger partial charge in [-0.3, -0.25) is 4.79 Å². The lowest BCUT2D eigenvalue weighted by atomic mass is 9.99. The Balaban J connectivity index is 1.46. The Hall–Kier alpha value is -2.20. The van der Waals surface area contributed by atoms with Crippen molar-refractivity contribution >= 4 is 33.4 Å². The number of carbonyl (C=O) groups excluding carboxylic acids is 1. The van der Waals surface area contributed by atoms with Crippen molar-refractivity contribution in [2.75, 3.05) is 38.1 Å². The number of nitrogens with zero attached hydrogens (tertiary/aromatic N) is 4. The molecular formula is C24H30ClFN4O3S. The van der Waals surface area contributed by atoms with Gasteiger partial charge in [0.25, 0.3) is 10.2 Å². The van der Waals surface area contributed by atoms with Gasteiger partial charge < -0.3 is 9.80 Å². The summed E-state index contributed by atoms with van der Waals surface area (Å²) in [5.74, 6) is -0.425. The summed E-state index contributed by atoms with van der Waals surface area (Å²) in [7, 11) is -2.35. The van der Waals surface area contributed by atoms with E-state index in [9.17, 15) is 17.6 Å². The zero-order valence-electron chi connectivity index (χ0n) is 19.7. The fraction of sp³-hybridized carbons (Fsp3) is 0.458. The van der Waals surface area contributed by atoms with Gasteiger partial charge in [-0.05, 0) is 48.7 Å². The Kier molecular flexibility index (Phi) is 7.19. The molecule has 0 N–H and O–H groups in total. The second-order valence-electron chi connectivity index (χ2n) is 9.01. The van der Waals surface area contributed by atoms with Gasteiger partial charge in [-0.2, -0.15) is 17.0 Å². The molecule has 2 heterocycles. The molecule has 34 heavy (non-hydrogen) atoms. The van der Waals surface area contributed by atoms with E-state index < -0.39 is 16.0 Å². The standard InChI is InChI=1S/C24H30ClFN4O3S/c1-17-14-28(11-12-30(17)18(2)31)21-8-7-20-15-29(10-9-19(20)13-21)34(32,33)27(3)16-22-23(25)5-4-6-24(22)26/h4-8,13,17H,9-12,14-16H2,1-3H3/t17-/m1/s1. The highest BCUT2D eigenvalue weighted by Crippen LogP contribution is 2.29. The first-order valence-corrected chi connectivity index (χ1v) is 13.1. The molecule has 1 amide bonds. The normalized spacial score (nSPS) is 19.4. The van der Waals surface area contributed by atoms with Crippen LogP contribution in [0.15, 0.2) is 36.4 Å². The van der Waals surface area contributed by atoms with Crippen LogP contribution in [0.2, 0.25) is 5.02 Å². The van der Waals surface area contributed by atoms with Crippen molar-refractivity contribution in [2.24, 2.45) is 0 Å². The minimum absolute atomic E-state index is 0.0983. The minimum Gasteiger partial charge on any atom is -0.368 e. The Morgan fingerprint density at radius 1 is 1.18 bits per heavy atom. The van der Waals surface area contributed by atoms with Gasteiger partial charge in [0, 0.05) is 75.6 Å². The van der Waals surface area contributed by atoms with Gasteiger partial charge in [-0.15, -0.1) is 0 Å². The van der Waals surface area contributed by atoms with Gasteiger partial charge in [0.05, 0.1) is 0 Å². The van der Waals surface area contributed by atoms with Crippen molar-refractivity contribution in [2.45, 2.75) is 39.4 Å². The zero-order chi connectivity index (χ0) is 24.6. The third-order valence-electron chi connectivity index (χ3n) is 6.73. The molecule has 10 heteroatoms. The molecule has 1 fully saturated rings. The number of hydrogen-bond donors (Lipinski definition) is 0. The topological polar surface area (TPSA) is 64.2 Å². The summed E-state index contributed by atoms with van der Waals surface area (Å²) < 4.78 is 43.2. The van der Waals surface area contributed by atoms with E-state index >= 15 is 0 Å². The highest BCUT2D eigenvalue weighted by molar-refractivity contribution is 7.86. The first-order chi connectivity index (χ1) is 16.1. The maximum Gasteiger partial charge on any atom is 0.282 e. The van der Waals surface area contributed by atoms with E-state index in [-0.39, 0.29) is 35.6 Å². The molecule has 184 valence electrons. The number of amides is 1. The van der Waals surface area contributed by atoms with Crippen molar-refractivity contribution in [3.63, 3.8) is 0 Å². The molecule has 0 saturated carbocycles. The molecular weight excluding hydrogens is 479 g/mol. The van der Waals surface area contributed by atoms with Crippen LogP contribution in [-0.4, -0.2) is 67.1 Å². The van der Waals surface area contributed by atoms with E-state index in [0.29, 0.717) is 19.5 Å². The summed E-state index contributed by atoms with van der Waals surface area (Å²) in [5.41, 5.74) is 3.35. The summed E-state index contributed by atoms with van der Waals surface area (Å²) in [4.78, 5) is 15.9. The average Bonchev–Trinajstić information content (AvgIpc) is 2.80. The van der Waals surface area contributed by atoms with Crippen LogP contribution >= 0.6 is 11.6 Å². The SMILES string of the molecule is CC(=O)N1CCN(c2ccc3c(c2)CCN(S(=O)(=O)N(C)Cc2c(F)cccc2Cl)C3)C[C@H]1C. The zero-order valence-corrected chi connectivity index (χ0v) is 21.2. The lowest BCUT2D eigenvalue weighted by Crippen LogP contribution is -2.53. The molecule has 0 aliphatic carbocycles. The monoisotopic (exact) mass is 508 g/mol. The number of fused-ring (bicyclic) bond motifs is 1. The van der Waals surface area contributed by atoms with Crippen molar-refractivity contribution in [1.29, 1.82) is 0 Å². The van der Waals surface area contributed by atoms with Crippen LogP contribution in [0.1, 0.15) is 30.5 Å². The van der Waals surface area contributed by atoms with E-state index in [4.69, 9.17) is 11.6 Å². The summed E-state index contributed by atoms with van der Waals surface area (Å²) >= 11 is 6.09. The number of carbonyl (C=O) groups is 1. The lowest BCUT2D eigenvalue weighted by molar-refractivity contribution is -0.131. The van der Waals surface area contributed by atoms with Crippen LogP contribution in [0.25, 0.3) is 0 Å². The summed E-state index contributed by atoms with van der Waals surface area (Å²) in [6.07, 6.45) is 0.597. The molecule has 0 aromatic heterocycles. The van der Waals surface area contributed by atoms with Gasteiger partial charge >= 0.3 is 0 Å². The van der Waals surface area contributed by atoms with Gasteiger partial charge in [-0.25, -0.2) is 4.39 Å². The average molecular weight is 509 g/mol. The van der Waals surface area contributed by atoms with E-state index in [1.165, 1.54) is 23.5 Å². The Morgan fingerprint density at radius 3 is 2.62 bits per heavy atom. The van der Waals surface area contributed by atoms with E-state index in [2.05, 4.69) is 17.9 Å². The lowest BCUT2D eigenvalue weighted by Gasteiger charge is -2.41. The molecule has 0 spiro atoms. The molecule has 1 atom stereocenters. The third-order valence-corrected chi connectivity index (χ3v) is 8.96. The molecule has 0 radical (unpaired) electrons. The molecule has 2 aromatic carbocycles. The molecule has 0 bridgehead atoms. The first-order valence-electron chi connectivity index (χ1n) is 11.4. The second kappa shape index (κ2) is 9.81. The number of hydrogen-bond acceptors (Lipinski definition) is 4. The molecule has 7 nitrogen and oxygen atoms in total. The number of benzene rings is 2. The Bertz CT molecular complexity index is 1170. The van der Waals surface area contributed by atoms with E-state index in [0.717, 1.165) is 34.2 Å². The van der Waals surface area contributed by atoms with Gasteiger partial charge in [0.2, 0.25) is 5.91 Å². The van der Waals surface area contributed by atoms with E-state index in [1.54, 1.807) is 13.0 Å². The third kappa shape index (κ3) is 4.93.